The topological polar surface area (TPSA) is 123 Å². The lowest BCUT2D eigenvalue weighted by Crippen LogP contribution is -2.45. The van der Waals surface area contributed by atoms with Crippen molar-refractivity contribution in [1.82, 2.24) is 19.7 Å². The molecule has 3 aliphatic rings. The van der Waals surface area contributed by atoms with E-state index >= 15 is 0 Å². The highest BCUT2D eigenvalue weighted by atomic mass is 79.9. The van der Waals surface area contributed by atoms with Crippen LogP contribution in [0.15, 0.2) is 47.1 Å². The van der Waals surface area contributed by atoms with Crippen LogP contribution in [0.4, 0.5) is 5.82 Å². The number of carbonyl (C=O) groups is 3. The van der Waals surface area contributed by atoms with Gasteiger partial charge in [-0.1, -0.05) is 24.3 Å². The first kappa shape index (κ1) is 19.7. The summed E-state index contributed by atoms with van der Waals surface area (Å²) in [5.74, 6) is -0.537. The van der Waals surface area contributed by atoms with Crippen LogP contribution in [0.1, 0.15) is 23.3 Å². The number of hydrogen-bond donors (Lipinski definition) is 2. The lowest BCUT2D eigenvalue weighted by Gasteiger charge is -2.26. The first-order valence-electron chi connectivity index (χ1n) is 9.92. The quantitative estimate of drug-likeness (QED) is 0.537. The molecule has 0 radical (unpaired) electrons. The number of amides is 3. The van der Waals surface area contributed by atoms with Crippen LogP contribution in [0.2, 0.25) is 0 Å². The molecule has 1 unspecified atom stereocenters. The Morgan fingerprint density at radius 3 is 2.65 bits per heavy atom. The number of para-hydroxylation sites is 1. The second-order valence-electron chi connectivity index (χ2n) is 7.85. The Morgan fingerprint density at radius 1 is 1.13 bits per heavy atom. The van der Waals surface area contributed by atoms with E-state index in [-0.39, 0.29) is 36.0 Å². The van der Waals surface area contributed by atoms with Crippen molar-refractivity contribution in [3.8, 4) is 0 Å². The maximum atomic E-state index is 13.2. The minimum Gasteiger partial charge on any atom is -0.364 e. The molecule has 158 valence electrons. The van der Waals surface area contributed by atoms with Crippen molar-refractivity contribution >= 4 is 50.4 Å². The van der Waals surface area contributed by atoms with E-state index < -0.39 is 11.9 Å². The van der Waals surface area contributed by atoms with Gasteiger partial charge >= 0.3 is 0 Å². The first-order chi connectivity index (χ1) is 14.9. The Labute approximate surface area is 185 Å². The molecule has 2 saturated heterocycles. The molecule has 3 aromatic rings. The zero-order valence-electron chi connectivity index (χ0n) is 16.4. The molecule has 31 heavy (non-hydrogen) atoms. The number of rotatable bonds is 5. The summed E-state index contributed by atoms with van der Waals surface area (Å²) < 4.78 is 2.10. The van der Waals surface area contributed by atoms with Crippen molar-refractivity contribution in [2.45, 2.75) is 31.5 Å². The molecule has 1 aliphatic carbocycles. The predicted molar refractivity (Wildman–Crippen MR) is 116 cm³/mol. The Morgan fingerprint density at radius 2 is 1.90 bits per heavy atom. The molecule has 2 bridgehead atoms. The summed E-state index contributed by atoms with van der Waals surface area (Å²) in [6, 6.07) is 11.9. The van der Waals surface area contributed by atoms with E-state index in [0.29, 0.717) is 21.3 Å². The van der Waals surface area contributed by atoms with Crippen LogP contribution in [-0.2, 0) is 16.1 Å². The van der Waals surface area contributed by atoms with Crippen LogP contribution >= 0.6 is 15.9 Å². The van der Waals surface area contributed by atoms with Crippen LogP contribution < -0.4 is 11.1 Å². The third-order valence-corrected chi connectivity index (χ3v) is 6.43. The molecule has 2 aromatic heterocycles. The van der Waals surface area contributed by atoms with Gasteiger partial charge in [0.2, 0.25) is 11.8 Å². The van der Waals surface area contributed by atoms with Gasteiger partial charge in [0.1, 0.15) is 23.0 Å². The van der Waals surface area contributed by atoms with Crippen LogP contribution in [-0.4, -0.2) is 49.5 Å². The van der Waals surface area contributed by atoms with Gasteiger partial charge in [0.05, 0.1) is 5.52 Å². The summed E-state index contributed by atoms with van der Waals surface area (Å²) in [5.41, 5.74) is 6.23. The summed E-state index contributed by atoms with van der Waals surface area (Å²) in [6.45, 7) is -0.0735. The number of anilines is 1. The van der Waals surface area contributed by atoms with E-state index in [1.54, 1.807) is 41.3 Å². The molecular formula is C21H19BrN6O3. The lowest BCUT2D eigenvalue weighted by molar-refractivity contribution is -0.137. The molecule has 2 aliphatic heterocycles. The normalized spacial score (nSPS) is 21.7. The largest absolute Gasteiger partial charge is 0.364 e. The molecule has 3 amide bonds. The number of benzene rings is 1. The Bertz CT molecular complexity index is 1220. The predicted octanol–water partition coefficient (Wildman–Crippen LogP) is 1.92. The van der Waals surface area contributed by atoms with E-state index in [4.69, 9.17) is 5.73 Å². The number of nitrogens with two attached hydrogens (primary N) is 1. The zero-order chi connectivity index (χ0) is 21.7. The fourth-order valence-corrected chi connectivity index (χ4v) is 4.93. The first-order valence-corrected chi connectivity index (χ1v) is 10.7. The fourth-order valence-electron chi connectivity index (χ4n) is 4.59. The van der Waals surface area contributed by atoms with Gasteiger partial charge in [-0.25, -0.2) is 4.98 Å². The highest BCUT2D eigenvalue weighted by Crippen LogP contribution is 2.46. The number of aromatic nitrogens is 3. The van der Waals surface area contributed by atoms with Crippen LogP contribution in [0, 0.1) is 5.92 Å². The van der Waals surface area contributed by atoms with Gasteiger partial charge in [-0.2, -0.15) is 5.10 Å². The summed E-state index contributed by atoms with van der Waals surface area (Å²) in [4.78, 5) is 43.9. The zero-order valence-corrected chi connectivity index (χ0v) is 17.9. The van der Waals surface area contributed by atoms with Gasteiger partial charge in [0.15, 0.2) is 5.69 Å². The van der Waals surface area contributed by atoms with Crippen LogP contribution in [0.25, 0.3) is 10.9 Å². The van der Waals surface area contributed by atoms with Gasteiger partial charge in [-0.3, -0.25) is 19.1 Å². The van der Waals surface area contributed by atoms with Gasteiger partial charge in [-0.05, 0) is 52.9 Å². The number of fused-ring (bicyclic) bond motifs is 2. The van der Waals surface area contributed by atoms with Gasteiger partial charge in [-0.15, -0.1) is 0 Å². The Kier molecular flexibility index (Phi) is 4.73. The molecule has 6 rings (SSSR count). The van der Waals surface area contributed by atoms with Crippen molar-refractivity contribution < 1.29 is 14.4 Å². The molecule has 3 N–H and O–H groups in total. The van der Waals surface area contributed by atoms with Gasteiger partial charge in [0.25, 0.3) is 5.91 Å². The van der Waals surface area contributed by atoms with Crippen molar-refractivity contribution in [2.75, 3.05) is 5.32 Å². The van der Waals surface area contributed by atoms with E-state index in [2.05, 4.69) is 31.3 Å². The number of nitrogens with zero attached hydrogens (tertiary/aromatic N) is 4. The van der Waals surface area contributed by atoms with E-state index in [9.17, 15) is 14.4 Å². The summed E-state index contributed by atoms with van der Waals surface area (Å²) in [6.07, 6.45) is 1.62. The van der Waals surface area contributed by atoms with Gasteiger partial charge in [0, 0.05) is 11.4 Å². The third kappa shape index (κ3) is 3.36. The SMILES string of the molecule is NC(=O)c1nn(CC(=O)N2C3CC(C3)C2C(=O)Nc2cccc(Br)n2)c2ccccc12. The van der Waals surface area contributed by atoms with E-state index in [0.717, 1.165) is 12.8 Å². The minimum absolute atomic E-state index is 0.0427. The van der Waals surface area contributed by atoms with Crippen molar-refractivity contribution in [3.63, 3.8) is 0 Å². The monoisotopic (exact) mass is 482 g/mol. The number of primary amides is 1. The third-order valence-electron chi connectivity index (χ3n) is 5.99. The van der Waals surface area contributed by atoms with Crippen LogP contribution in [0.5, 0.6) is 0 Å². The maximum absolute atomic E-state index is 13.2. The molecule has 1 aromatic carbocycles. The standard InChI is InChI=1S/C21H19BrN6O3/c22-15-6-3-7-16(24-15)25-21(31)19-11-8-12(9-11)28(19)17(29)10-27-14-5-2-1-4-13(14)18(26-27)20(23)30/h1-7,11-12,19H,8-10H2,(H2,23,30)(H,24,25,31). The second-order valence-corrected chi connectivity index (χ2v) is 8.67. The highest BCUT2D eigenvalue weighted by Gasteiger charge is 2.55. The summed E-state index contributed by atoms with van der Waals surface area (Å²) in [7, 11) is 0. The number of hydrogen-bond acceptors (Lipinski definition) is 5. The maximum Gasteiger partial charge on any atom is 0.269 e. The molecule has 0 spiro atoms. The molecule has 1 atom stereocenters. The molecule has 3 fully saturated rings. The number of halogens is 1. The average molecular weight is 483 g/mol. The molecule has 10 heteroatoms. The molecule has 1 saturated carbocycles. The van der Waals surface area contributed by atoms with Crippen LogP contribution in [0.3, 0.4) is 0 Å². The Hall–Kier alpha value is -3.27. The second kappa shape index (κ2) is 7.45. The number of carbonyl (C=O) groups excluding carboxylic acids is 3. The minimum atomic E-state index is -0.649. The summed E-state index contributed by atoms with van der Waals surface area (Å²) >= 11 is 3.29. The molecule has 9 nitrogen and oxygen atoms in total. The van der Waals surface area contributed by atoms with E-state index in [1.807, 2.05) is 6.07 Å². The fraction of sp³-hybridized carbons (Fsp3) is 0.286. The number of pyridine rings is 1. The van der Waals surface area contributed by atoms with Crippen molar-refractivity contribution in [2.24, 2.45) is 11.7 Å². The number of nitrogens with one attached hydrogen (secondary N) is 1. The Balaban J connectivity index is 1.38. The average Bonchev–Trinajstić information content (AvgIpc) is 3.37. The highest BCUT2D eigenvalue weighted by molar-refractivity contribution is 9.10. The van der Waals surface area contributed by atoms with Crippen molar-refractivity contribution in [3.05, 3.63) is 52.8 Å². The van der Waals surface area contributed by atoms with E-state index in [1.165, 1.54) is 4.68 Å². The molecule has 4 heterocycles. The molecular weight excluding hydrogens is 464 g/mol. The van der Waals surface area contributed by atoms with Gasteiger partial charge < -0.3 is 16.0 Å². The summed E-state index contributed by atoms with van der Waals surface area (Å²) in [5, 5.41) is 7.69. The van der Waals surface area contributed by atoms with Crippen molar-refractivity contribution in [1.29, 1.82) is 0 Å². The lowest BCUT2D eigenvalue weighted by atomic mass is 9.83. The smallest absolute Gasteiger partial charge is 0.269 e.